The van der Waals surface area contributed by atoms with Crippen molar-refractivity contribution in [1.82, 2.24) is 19.5 Å². The maximum Gasteiger partial charge on any atom is 0.207 e. The molecule has 0 saturated carbocycles. The summed E-state index contributed by atoms with van der Waals surface area (Å²) in [4.78, 5) is 12.8. The van der Waals surface area contributed by atoms with Crippen molar-refractivity contribution in [1.29, 1.82) is 0 Å². The van der Waals surface area contributed by atoms with Crippen molar-refractivity contribution in [3.05, 3.63) is 11.6 Å². The number of hydrogen-bond acceptors (Lipinski definition) is 8. The van der Waals surface area contributed by atoms with Gasteiger partial charge in [0.2, 0.25) is 5.28 Å². The van der Waals surface area contributed by atoms with Crippen LogP contribution >= 0.6 is 11.6 Å². The van der Waals surface area contributed by atoms with E-state index in [0.29, 0.717) is 17.0 Å². The number of fused-ring (bicyclic) bond motifs is 1. The van der Waals surface area contributed by atoms with Crippen molar-refractivity contribution in [3.8, 4) is 0 Å². The summed E-state index contributed by atoms with van der Waals surface area (Å²) in [5.74, 6) is 0.558. The molecule has 1 fully saturated rings. The fourth-order valence-corrected chi connectivity index (χ4v) is 4.65. The third-order valence-electron chi connectivity index (χ3n) is 4.60. The summed E-state index contributed by atoms with van der Waals surface area (Å²) >= 11 is 6.27. The fourth-order valence-electron chi connectivity index (χ4n) is 3.16. The topological polar surface area (TPSA) is 126 Å². The average Bonchev–Trinajstić information content (AvgIpc) is 3.08. The predicted octanol–water partition coefficient (Wildman–Crippen LogP) is 1.23. The number of halogens is 1. The van der Waals surface area contributed by atoms with E-state index in [2.05, 4.69) is 39.9 Å². The highest BCUT2D eigenvalue weighted by atomic mass is 35.5. The average molecular weight is 416 g/mol. The van der Waals surface area contributed by atoms with E-state index in [4.69, 9.17) is 16.3 Å². The normalized spacial score (nSPS) is 26.0. The molecule has 3 rings (SSSR count). The van der Waals surface area contributed by atoms with Gasteiger partial charge in [-0.2, -0.15) is 0 Å². The molecule has 150 valence electrons. The van der Waals surface area contributed by atoms with Crippen molar-refractivity contribution in [2.24, 2.45) is 0 Å². The minimum absolute atomic E-state index is 0.0606. The van der Waals surface area contributed by atoms with E-state index in [-0.39, 0.29) is 5.28 Å². The Morgan fingerprint density at radius 1 is 1.26 bits per heavy atom. The smallest absolute Gasteiger partial charge is 0.207 e. The molecule has 0 amide bonds. The Bertz CT molecular complexity index is 799. The number of aromatic nitrogens is 4. The van der Waals surface area contributed by atoms with Crippen molar-refractivity contribution in [2.75, 3.05) is 18.5 Å². The number of nitrogens with zero attached hydrogens (tertiary/aromatic N) is 4. The zero-order valence-electron chi connectivity index (χ0n) is 15.6. The van der Waals surface area contributed by atoms with Gasteiger partial charge in [0.05, 0.1) is 6.61 Å². The first kappa shape index (κ1) is 20.4. The lowest BCUT2D eigenvalue weighted by Crippen LogP contribution is -2.33. The van der Waals surface area contributed by atoms with E-state index in [9.17, 15) is 15.3 Å². The third kappa shape index (κ3) is 4.25. The molecule has 0 aromatic carbocycles. The predicted molar refractivity (Wildman–Crippen MR) is 105 cm³/mol. The molecule has 2 aromatic heterocycles. The van der Waals surface area contributed by atoms with Crippen LogP contribution in [0, 0.1) is 0 Å². The Labute approximate surface area is 163 Å². The molecular formula is C16H26ClN5O4Si. The van der Waals surface area contributed by atoms with Crippen molar-refractivity contribution in [2.45, 2.75) is 56.6 Å². The highest BCUT2D eigenvalue weighted by Gasteiger charge is 2.44. The van der Waals surface area contributed by atoms with E-state index < -0.39 is 39.2 Å². The van der Waals surface area contributed by atoms with Gasteiger partial charge in [-0.05, 0) is 18.0 Å². The second kappa shape index (κ2) is 7.98. The quantitative estimate of drug-likeness (QED) is 0.302. The van der Waals surface area contributed by atoms with Crippen LogP contribution in [0.1, 0.15) is 12.6 Å². The Balaban J connectivity index is 1.84. The number of aliphatic hydroxyl groups excluding tert-OH is 3. The van der Waals surface area contributed by atoms with Crippen molar-refractivity contribution >= 4 is 36.7 Å². The number of imidazole rings is 1. The van der Waals surface area contributed by atoms with E-state index in [1.54, 1.807) is 0 Å². The van der Waals surface area contributed by atoms with Crippen LogP contribution in [0.4, 0.5) is 5.82 Å². The van der Waals surface area contributed by atoms with Crippen LogP contribution in [-0.2, 0) is 4.74 Å². The first-order valence-electron chi connectivity index (χ1n) is 8.97. The summed E-state index contributed by atoms with van der Waals surface area (Å²) in [6.45, 7) is 7.33. The zero-order valence-corrected chi connectivity index (χ0v) is 17.4. The van der Waals surface area contributed by atoms with Crippen LogP contribution in [0.25, 0.3) is 11.2 Å². The minimum Gasteiger partial charge on any atom is -0.394 e. The molecule has 0 aliphatic carbocycles. The molecule has 11 heteroatoms. The van der Waals surface area contributed by atoms with Gasteiger partial charge in [-0.15, -0.1) is 0 Å². The monoisotopic (exact) mass is 415 g/mol. The molecule has 0 bridgehead atoms. The molecular weight excluding hydrogens is 390 g/mol. The number of ether oxygens (including phenoxy) is 1. The fraction of sp³-hybridized carbons (Fsp3) is 0.688. The van der Waals surface area contributed by atoms with Crippen LogP contribution in [-0.4, -0.2) is 74.4 Å². The lowest BCUT2D eigenvalue weighted by atomic mass is 10.1. The second-order valence-electron chi connectivity index (χ2n) is 7.97. The Kier molecular flexibility index (Phi) is 6.04. The summed E-state index contributed by atoms with van der Waals surface area (Å²) in [6.07, 6.45) is -1.97. The molecule has 27 heavy (non-hydrogen) atoms. The van der Waals surface area contributed by atoms with Crippen LogP contribution in [0.15, 0.2) is 6.33 Å². The summed E-state index contributed by atoms with van der Waals surface area (Å²) in [5, 5.41) is 32.9. The second-order valence-corrected chi connectivity index (χ2v) is 13.9. The molecule has 4 atom stereocenters. The van der Waals surface area contributed by atoms with Gasteiger partial charge >= 0.3 is 0 Å². The van der Waals surface area contributed by atoms with Gasteiger partial charge in [0.1, 0.15) is 24.6 Å². The molecule has 3 heterocycles. The van der Waals surface area contributed by atoms with Crippen molar-refractivity contribution in [3.63, 3.8) is 0 Å². The molecule has 9 nitrogen and oxygen atoms in total. The molecule has 1 aliphatic rings. The highest BCUT2D eigenvalue weighted by Crippen LogP contribution is 2.35. The van der Waals surface area contributed by atoms with Gasteiger partial charge in [-0.1, -0.05) is 25.7 Å². The Morgan fingerprint density at radius 3 is 2.63 bits per heavy atom. The van der Waals surface area contributed by atoms with Gasteiger partial charge in [-0.25, -0.2) is 15.0 Å². The summed E-state index contributed by atoms with van der Waals surface area (Å²) < 4.78 is 6.97. The van der Waals surface area contributed by atoms with Crippen LogP contribution in [0.2, 0.25) is 31.0 Å². The van der Waals surface area contributed by atoms with Crippen LogP contribution < -0.4 is 5.32 Å². The lowest BCUT2D eigenvalue weighted by Gasteiger charge is -2.17. The van der Waals surface area contributed by atoms with E-state index in [1.807, 2.05) is 0 Å². The maximum absolute atomic E-state index is 10.3. The van der Waals surface area contributed by atoms with Crippen molar-refractivity contribution < 1.29 is 20.1 Å². The number of nitrogens with one attached hydrogen (secondary N) is 1. The number of aliphatic hydroxyl groups is 3. The Morgan fingerprint density at radius 2 is 2.00 bits per heavy atom. The molecule has 4 N–H and O–H groups in total. The largest absolute Gasteiger partial charge is 0.394 e. The summed E-state index contributed by atoms with van der Waals surface area (Å²) in [7, 11) is -1.10. The third-order valence-corrected chi connectivity index (χ3v) is 6.72. The van der Waals surface area contributed by atoms with E-state index in [0.717, 1.165) is 13.0 Å². The highest BCUT2D eigenvalue weighted by molar-refractivity contribution is 6.76. The molecule has 0 spiro atoms. The van der Waals surface area contributed by atoms with E-state index >= 15 is 0 Å². The summed E-state index contributed by atoms with van der Waals surface area (Å²) in [6, 6.07) is 1.20. The Hall–Kier alpha value is -1.30. The molecule has 1 aliphatic heterocycles. The minimum atomic E-state index is -1.26. The lowest BCUT2D eigenvalue weighted by molar-refractivity contribution is -0.0509. The first-order valence-corrected chi connectivity index (χ1v) is 13.1. The summed E-state index contributed by atoms with van der Waals surface area (Å²) in [5.41, 5.74) is 0.853. The van der Waals surface area contributed by atoms with Gasteiger partial charge in [0.25, 0.3) is 0 Å². The van der Waals surface area contributed by atoms with Gasteiger partial charge in [0, 0.05) is 14.6 Å². The molecule has 0 radical (unpaired) electrons. The van der Waals surface area contributed by atoms with Gasteiger partial charge < -0.3 is 25.4 Å². The van der Waals surface area contributed by atoms with Gasteiger partial charge in [0.15, 0.2) is 23.2 Å². The standard InChI is InChI=1S/C16H26ClN5O4Si/c1-27(2,3)6-4-5-18-13-10-14(20-8-19-13)22(16(17)21-10)15-12(25)11(24)9(7-23)26-15/h8-9,11-12,15,23-25H,4-7H2,1-3H3,(H,18,19,20)/t9-,11-,12-,15-/m1/s1. The number of hydrogen-bond donors (Lipinski definition) is 4. The molecule has 1 saturated heterocycles. The molecule has 2 aromatic rings. The van der Waals surface area contributed by atoms with E-state index in [1.165, 1.54) is 16.9 Å². The van der Waals surface area contributed by atoms with Gasteiger partial charge in [-0.3, -0.25) is 4.57 Å². The SMILES string of the molecule is C[Si](C)(C)CCCNc1ncnc2c1nc(Cl)n2[C@@H]1O[C@H](CO)[C@@H](O)[C@H]1O. The van der Waals surface area contributed by atoms with Crippen LogP contribution in [0.3, 0.4) is 0 Å². The maximum atomic E-state index is 10.3. The van der Waals surface area contributed by atoms with Crippen LogP contribution in [0.5, 0.6) is 0 Å². The number of anilines is 1. The first-order chi connectivity index (χ1) is 12.7. The number of rotatable bonds is 7. The zero-order chi connectivity index (χ0) is 19.8. The molecule has 0 unspecified atom stereocenters.